The molecule has 5 rings (SSSR count). The zero-order chi connectivity index (χ0) is 29.4. The summed E-state index contributed by atoms with van der Waals surface area (Å²) in [5, 5.41) is 27.2. The van der Waals surface area contributed by atoms with Gasteiger partial charge < -0.3 is 41.0 Å². The van der Waals surface area contributed by atoms with Gasteiger partial charge in [0.15, 0.2) is 0 Å². The Morgan fingerprint density at radius 2 is 1.95 bits per heavy atom. The smallest absolute Gasteiger partial charge is 0.545 e. The van der Waals surface area contributed by atoms with Crippen LogP contribution in [0.1, 0.15) is 36.2 Å². The van der Waals surface area contributed by atoms with Gasteiger partial charge in [-0.05, 0) is 48.7 Å². The molecule has 216 valence electrons. The van der Waals surface area contributed by atoms with Crippen LogP contribution < -0.4 is 51.0 Å². The molecule has 42 heavy (non-hydrogen) atoms. The first-order valence-corrected chi connectivity index (χ1v) is 14.2. The first kappa shape index (κ1) is 32.1. The van der Waals surface area contributed by atoms with Crippen molar-refractivity contribution in [3.05, 3.63) is 70.3 Å². The van der Waals surface area contributed by atoms with Crippen molar-refractivity contribution in [3.8, 4) is 0 Å². The number of nitrogen functional groups attached to an aromatic ring is 1. The molecular weight excluding hydrogens is 571 g/mol. The summed E-state index contributed by atoms with van der Waals surface area (Å²) in [5.74, 6) is -3.40. The average Bonchev–Trinajstić information content (AvgIpc) is 3.50. The van der Waals surface area contributed by atoms with E-state index in [0.717, 1.165) is 5.56 Å². The molecule has 3 aliphatic rings. The molecule has 2 fully saturated rings. The van der Waals surface area contributed by atoms with Crippen LogP contribution in [0.2, 0.25) is 0 Å². The Labute approximate surface area is 269 Å². The van der Waals surface area contributed by atoms with Gasteiger partial charge in [-0.25, -0.2) is 4.79 Å². The largest absolute Gasteiger partial charge is 1.00 e. The summed E-state index contributed by atoms with van der Waals surface area (Å²) in [6, 6.07) is 11.9. The summed E-state index contributed by atoms with van der Waals surface area (Å²) in [6.07, 6.45) is -0.418. The van der Waals surface area contributed by atoms with Crippen LogP contribution in [0.15, 0.2) is 59.1 Å². The Kier molecular flexibility index (Phi) is 10.1. The second-order valence-corrected chi connectivity index (χ2v) is 11.9. The molecule has 2 saturated heterocycles. The van der Waals surface area contributed by atoms with Gasteiger partial charge in [0.25, 0.3) is 0 Å². The maximum Gasteiger partial charge on any atom is 1.00 e. The number of amides is 2. The molecule has 0 radical (unpaired) electrons. The van der Waals surface area contributed by atoms with Crippen LogP contribution >= 0.6 is 11.8 Å². The number of aliphatic hydroxyl groups is 1. The summed E-state index contributed by atoms with van der Waals surface area (Å²) in [6.45, 7) is 3.99. The van der Waals surface area contributed by atoms with Crippen molar-refractivity contribution in [1.82, 2.24) is 10.2 Å². The Balaban J connectivity index is 0.00000405. The standard InChI is InChI=1S/C29H32N4O7S.Na/c1-14-23-22(15(2)34)27(36)33(23)24(29(39)40-13-16-6-8-18(30)9-7-16)25(14)41-20-11-21(31-12-20)26(35)32-19-5-3-4-17(10-19)28(37)38;/h3-10,14-15,20-23,31,34H,11-13,30H2,1-2H3,(H,32,35)(H,37,38);/q;+1/p-1/t14-,15-,20+,21+,22-,23-;/m1./s1. The minimum Gasteiger partial charge on any atom is -0.545 e. The fourth-order valence-electron chi connectivity index (χ4n) is 5.63. The SMILES string of the molecule is C[C@@H](O)[C@H]1C(=O)N2C(C(=O)OCc3ccc(N)cc3)=C(S[C@@H]3CN[C@H](C(=O)Nc4cccc(C(=O)[O-])c4)C3)[C@H](C)[C@H]12.[Na+]. The number of hydrogen-bond acceptors (Lipinski definition) is 10. The van der Waals surface area contributed by atoms with Crippen LogP contribution in [0.4, 0.5) is 11.4 Å². The first-order chi connectivity index (χ1) is 19.5. The molecule has 0 spiro atoms. The monoisotopic (exact) mass is 602 g/mol. The molecule has 0 aliphatic carbocycles. The van der Waals surface area contributed by atoms with Crippen molar-refractivity contribution in [2.75, 3.05) is 17.6 Å². The molecule has 3 aliphatic heterocycles. The number of esters is 1. The molecule has 13 heteroatoms. The van der Waals surface area contributed by atoms with Gasteiger partial charge in [-0.15, -0.1) is 11.8 Å². The Morgan fingerprint density at radius 1 is 1.24 bits per heavy atom. The predicted molar refractivity (Wildman–Crippen MR) is 150 cm³/mol. The molecule has 2 aromatic carbocycles. The van der Waals surface area contributed by atoms with Gasteiger partial charge in [0.1, 0.15) is 12.3 Å². The minimum absolute atomic E-state index is 0. The van der Waals surface area contributed by atoms with Gasteiger partial charge in [0.2, 0.25) is 11.8 Å². The Hall–Kier alpha value is -2.87. The van der Waals surface area contributed by atoms with Crippen molar-refractivity contribution in [1.29, 1.82) is 0 Å². The summed E-state index contributed by atoms with van der Waals surface area (Å²) < 4.78 is 5.61. The third-order valence-electron chi connectivity index (χ3n) is 7.72. The van der Waals surface area contributed by atoms with Crippen molar-refractivity contribution >= 4 is 46.9 Å². The average molecular weight is 603 g/mol. The number of β-lactam (4-membered cyclic amide) rings is 1. The number of carbonyl (C=O) groups excluding carboxylic acids is 4. The van der Waals surface area contributed by atoms with E-state index in [9.17, 15) is 29.4 Å². The van der Waals surface area contributed by atoms with Crippen LogP contribution in [0, 0.1) is 11.8 Å². The fraction of sp³-hybridized carbons (Fsp3) is 0.379. The van der Waals surface area contributed by atoms with Gasteiger partial charge in [-0.3, -0.25) is 9.59 Å². The fourth-order valence-corrected chi connectivity index (χ4v) is 7.10. The van der Waals surface area contributed by atoms with E-state index in [1.54, 1.807) is 37.3 Å². The molecule has 2 amide bonds. The van der Waals surface area contributed by atoms with Crippen LogP contribution in [0.5, 0.6) is 0 Å². The molecule has 2 aromatic rings. The quantitative estimate of drug-likeness (QED) is 0.107. The van der Waals surface area contributed by atoms with Crippen molar-refractivity contribution in [2.45, 2.75) is 50.3 Å². The number of thioether (sulfide) groups is 1. The minimum atomic E-state index is -1.33. The molecule has 3 heterocycles. The summed E-state index contributed by atoms with van der Waals surface area (Å²) in [5.41, 5.74) is 7.58. The number of nitrogens with two attached hydrogens (primary N) is 1. The maximum absolute atomic E-state index is 13.4. The van der Waals surface area contributed by atoms with E-state index in [-0.39, 0.29) is 76.4 Å². The van der Waals surface area contributed by atoms with E-state index >= 15 is 0 Å². The van der Waals surface area contributed by atoms with E-state index < -0.39 is 30.0 Å². The number of fused-ring (bicyclic) bond motifs is 1. The topological polar surface area (TPSA) is 174 Å². The summed E-state index contributed by atoms with van der Waals surface area (Å²) in [4.78, 5) is 52.6. The number of carboxylic acids is 1. The number of nitrogens with zero attached hydrogens (tertiary/aromatic N) is 1. The molecule has 11 nitrogen and oxygen atoms in total. The van der Waals surface area contributed by atoms with Crippen molar-refractivity contribution in [2.24, 2.45) is 11.8 Å². The second kappa shape index (κ2) is 13.2. The molecule has 5 N–H and O–H groups in total. The molecule has 0 saturated carbocycles. The van der Waals surface area contributed by atoms with E-state index in [0.29, 0.717) is 29.2 Å². The maximum atomic E-state index is 13.4. The summed E-state index contributed by atoms with van der Waals surface area (Å²) >= 11 is 1.44. The number of aliphatic hydroxyl groups excluding tert-OH is 1. The molecule has 0 unspecified atom stereocenters. The van der Waals surface area contributed by atoms with E-state index in [2.05, 4.69) is 10.6 Å². The number of hydrogen-bond donors (Lipinski definition) is 4. The van der Waals surface area contributed by atoms with Gasteiger partial charge in [-0.1, -0.05) is 31.2 Å². The number of nitrogens with one attached hydrogen (secondary N) is 2. The van der Waals surface area contributed by atoms with Gasteiger partial charge in [-0.2, -0.15) is 0 Å². The normalized spacial score (nSPS) is 25.3. The number of anilines is 2. The Morgan fingerprint density at radius 3 is 2.62 bits per heavy atom. The number of ether oxygens (including phenoxy) is 1. The van der Waals surface area contributed by atoms with Crippen molar-refractivity contribution in [3.63, 3.8) is 0 Å². The Bertz CT molecular complexity index is 1420. The molecule has 0 bridgehead atoms. The van der Waals surface area contributed by atoms with E-state index in [1.807, 2.05) is 6.92 Å². The van der Waals surface area contributed by atoms with Crippen molar-refractivity contribution < 1.29 is 63.7 Å². The zero-order valence-corrected chi connectivity index (χ0v) is 26.4. The number of carbonyl (C=O) groups is 4. The number of aromatic carboxylic acids is 1. The molecule has 0 aromatic heterocycles. The van der Waals surface area contributed by atoms with Crippen LogP contribution in [0.25, 0.3) is 0 Å². The zero-order valence-electron chi connectivity index (χ0n) is 23.5. The van der Waals surface area contributed by atoms with Crippen LogP contribution in [-0.4, -0.2) is 63.7 Å². The first-order valence-electron chi connectivity index (χ1n) is 13.3. The number of benzene rings is 2. The third-order valence-corrected chi connectivity index (χ3v) is 9.23. The molecular formula is C29H31N4NaO7S. The number of carboxylic acid groups (broad SMARTS) is 1. The van der Waals surface area contributed by atoms with Crippen LogP contribution in [0.3, 0.4) is 0 Å². The number of rotatable bonds is 9. The van der Waals surface area contributed by atoms with Crippen LogP contribution in [-0.2, 0) is 25.7 Å². The van der Waals surface area contributed by atoms with E-state index in [4.69, 9.17) is 10.5 Å². The van der Waals surface area contributed by atoms with E-state index in [1.165, 1.54) is 34.9 Å². The predicted octanol–water partition coefficient (Wildman–Crippen LogP) is -2.15. The van der Waals surface area contributed by atoms with Gasteiger partial charge in [0, 0.05) is 34.0 Å². The molecule has 6 atom stereocenters. The third kappa shape index (κ3) is 6.38. The van der Waals surface area contributed by atoms with Gasteiger partial charge in [0.05, 0.1) is 30.1 Å². The second-order valence-electron chi connectivity index (χ2n) is 10.6. The van der Waals surface area contributed by atoms with Gasteiger partial charge >= 0.3 is 35.5 Å². The summed E-state index contributed by atoms with van der Waals surface area (Å²) in [7, 11) is 0.